The first kappa shape index (κ1) is 15.6. The summed E-state index contributed by atoms with van der Waals surface area (Å²) in [7, 11) is 0. The van der Waals surface area contributed by atoms with E-state index in [1.54, 1.807) is 18.3 Å². The average molecular weight is 333 g/mol. The van der Waals surface area contributed by atoms with Gasteiger partial charge < -0.3 is 9.64 Å². The second-order valence-corrected chi connectivity index (χ2v) is 6.25. The fourth-order valence-corrected chi connectivity index (χ4v) is 3.29. The predicted molar refractivity (Wildman–Crippen MR) is 95.3 cm³/mol. The van der Waals surface area contributed by atoms with Crippen LogP contribution in [0.3, 0.4) is 0 Å². The van der Waals surface area contributed by atoms with Gasteiger partial charge in [-0.1, -0.05) is 42.5 Å². The molecule has 2 aromatic carbocycles. The molecule has 126 valence electrons. The average Bonchev–Trinajstić information content (AvgIpc) is 3.11. The van der Waals surface area contributed by atoms with Crippen LogP contribution in [0.1, 0.15) is 12.0 Å². The van der Waals surface area contributed by atoms with Crippen molar-refractivity contribution in [3.8, 4) is 5.88 Å². The molecule has 0 N–H and O–H groups in total. The van der Waals surface area contributed by atoms with Crippen LogP contribution in [0.5, 0.6) is 5.88 Å². The van der Waals surface area contributed by atoms with Gasteiger partial charge in [0.1, 0.15) is 6.10 Å². The Morgan fingerprint density at radius 1 is 1.12 bits per heavy atom. The van der Waals surface area contributed by atoms with E-state index >= 15 is 0 Å². The van der Waals surface area contributed by atoms with Gasteiger partial charge in [-0.15, -0.1) is 5.10 Å². The maximum absolute atomic E-state index is 12.7. The Labute approximate surface area is 146 Å². The lowest BCUT2D eigenvalue weighted by Gasteiger charge is -2.17. The van der Waals surface area contributed by atoms with Crippen molar-refractivity contribution in [2.45, 2.75) is 18.9 Å². The number of hydrogen-bond acceptors (Lipinski definition) is 4. The fourth-order valence-electron chi connectivity index (χ4n) is 3.29. The maximum Gasteiger partial charge on any atom is 0.233 e. The fraction of sp³-hybridized carbons (Fsp3) is 0.250. The molecule has 1 amide bonds. The maximum atomic E-state index is 12.7. The van der Waals surface area contributed by atoms with Crippen LogP contribution >= 0.6 is 0 Å². The zero-order valence-electron chi connectivity index (χ0n) is 13.8. The van der Waals surface area contributed by atoms with Crippen LogP contribution < -0.4 is 4.74 Å². The third-order valence-corrected chi connectivity index (χ3v) is 4.55. The molecule has 0 bridgehead atoms. The first-order valence-electron chi connectivity index (χ1n) is 8.48. The quantitative estimate of drug-likeness (QED) is 0.737. The number of carbonyl (C=O) groups excluding carboxylic acids is 1. The van der Waals surface area contributed by atoms with Crippen LogP contribution in [0.25, 0.3) is 10.8 Å². The second kappa shape index (κ2) is 6.89. The molecule has 0 spiro atoms. The standard InChI is InChI=1S/C20H19N3O2/c24-20(13-16-7-3-6-15-5-1-2-8-18(15)16)23-12-10-17(14-23)25-19-9-4-11-21-22-19/h1-9,11,17H,10,12-14H2. The number of fused-ring (bicyclic) bond motifs is 1. The number of amides is 1. The van der Waals surface area contributed by atoms with Gasteiger partial charge in [0.05, 0.1) is 13.0 Å². The lowest BCUT2D eigenvalue weighted by atomic mass is 10.0. The van der Waals surface area contributed by atoms with Crippen molar-refractivity contribution >= 4 is 16.7 Å². The number of benzene rings is 2. The number of ether oxygens (including phenoxy) is 1. The lowest BCUT2D eigenvalue weighted by Crippen LogP contribution is -2.32. The van der Waals surface area contributed by atoms with Gasteiger partial charge in [0, 0.05) is 25.2 Å². The molecule has 1 aliphatic rings. The van der Waals surface area contributed by atoms with Gasteiger partial charge >= 0.3 is 0 Å². The minimum absolute atomic E-state index is 0.0202. The largest absolute Gasteiger partial charge is 0.471 e. The summed E-state index contributed by atoms with van der Waals surface area (Å²) >= 11 is 0. The highest BCUT2D eigenvalue weighted by molar-refractivity contribution is 5.90. The summed E-state index contributed by atoms with van der Waals surface area (Å²) in [6.07, 6.45) is 2.83. The van der Waals surface area contributed by atoms with Crippen molar-refractivity contribution in [2.24, 2.45) is 0 Å². The smallest absolute Gasteiger partial charge is 0.233 e. The topological polar surface area (TPSA) is 55.3 Å². The van der Waals surface area contributed by atoms with E-state index in [1.807, 2.05) is 29.2 Å². The second-order valence-electron chi connectivity index (χ2n) is 6.25. The Morgan fingerprint density at radius 3 is 2.88 bits per heavy atom. The molecule has 2 heterocycles. The van der Waals surface area contributed by atoms with Crippen LogP contribution in [0, 0.1) is 0 Å². The molecule has 5 heteroatoms. The molecule has 1 aliphatic heterocycles. The van der Waals surface area contributed by atoms with Crippen LogP contribution in [0.2, 0.25) is 0 Å². The number of likely N-dealkylation sites (tertiary alicyclic amines) is 1. The molecule has 1 unspecified atom stereocenters. The summed E-state index contributed by atoms with van der Waals surface area (Å²) in [5.74, 6) is 0.650. The Kier molecular flexibility index (Phi) is 4.29. The number of rotatable bonds is 4. The minimum atomic E-state index is -0.0202. The highest BCUT2D eigenvalue weighted by Crippen LogP contribution is 2.21. The Morgan fingerprint density at radius 2 is 2.00 bits per heavy atom. The zero-order chi connectivity index (χ0) is 17.1. The Balaban J connectivity index is 1.42. The van der Waals surface area contributed by atoms with Gasteiger partial charge in [-0.25, -0.2) is 0 Å². The Bertz CT molecular complexity index is 877. The van der Waals surface area contributed by atoms with Crippen molar-refractivity contribution in [3.05, 3.63) is 66.4 Å². The normalized spacial score (nSPS) is 17.0. The van der Waals surface area contributed by atoms with Gasteiger partial charge in [-0.2, -0.15) is 5.10 Å². The van der Waals surface area contributed by atoms with E-state index in [2.05, 4.69) is 28.4 Å². The highest BCUT2D eigenvalue weighted by Gasteiger charge is 2.28. The van der Waals surface area contributed by atoms with Crippen LogP contribution in [-0.4, -0.2) is 40.2 Å². The molecule has 0 saturated carbocycles. The summed E-state index contributed by atoms with van der Waals surface area (Å²) in [5, 5.41) is 10.1. The third kappa shape index (κ3) is 3.45. The molecule has 1 saturated heterocycles. The van der Waals surface area contributed by atoms with Crippen LogP contribution in [0.15, 0.2) is 60.8 Å². The molecule has 0 aliphatic carbocycles. The molecular formula is C20H19N3O2. The van der Waals surface area contributed by atoms with Crippen LogP contribution in [-0.2, 0) is 11.2 Å². The molecule has 1 atom stereocenters. The molecule has 0 radical (unpaired) electrons. The van der Waals surface area contributed by atoms with E-state index in [4.69, 9.17) is 4.74 Å². The SMILES string of the molecule is O=C(Cc1cccc2ccccc12)N1CCC(Oc2cccnn2)C1. The molecule has 3 aromatic rings. The van der Waals surface area contributed by atoms with E-state index in [0.717, 1.165) is 22.8 Å². The van der Waals surface area contributed by atoms with Crippen molar-refractivity contribution < 1.29 is 9.53 Å². The van der Waals surface area contributed by atoms with E-state index in [9.17, 15) is 4.79 Å². The molecule has 5 nitrogen and oxygen atoms in total. The molecular weight excluding hydrogens is 314 g/mol. The summed E-state index contributed by atoms with van der Waals surface area (Å²) in [6.45, 7) is 1.31. The van der Waals surface area contributed by atoms with Gasteiger partial charge in [-0.3, -0.25) is 4.79 Å². The van der Waals surface area contributed by atoms with E-state index in [-0.39, 0.29) is 12.0 Å². The monoisotopic (exact) mass is 333 g/mol. The van der Waals surface area contributed by atoms with Gasteiger partial charge in [-0.05, 0) is 22.4 Å². The summed E-state index contributed by atoms with van der Waals surface area (Å²) in [6, 6.07) is 17.9. The number of carbonyl (C=O) groups is 1. The van der Waals surface area contributed by atoms with E-state index in [0.29, 0.717) is 25.4 Å². The van der Waals surface area contributed by atoms with Crippen molar-refractivity contribution in [1.82, 2.24) is 15.1 Å². The lowest BCUT2D eigenvalue weighted by molar-refractivity contribution is -0.129. The number of aromatic nitrogens is 2. The third-order valence-electron chi connectivity index (χ3n) is 4.55. The molecule has 25 heavy (non-hydrogen) atoms. The number of hydrogen-bond donors (Lipinski definition) is 0. The van der Waals surface area contributed by atoms with Crippen molar-refractivity contribution in [3.63, 3.8) is 0 Å². The minimum Gasteiger partial charge on any atom is -0.471 e. The first-order valence-corrected chi connectivity index (χ1v) is 8.48. The van der Waals surface area contributed by atoms with Crippen LogP contribution in [0.4, 0.5) is 0 Å². The molecule has 4 rings (SSSR count). The van der Waals surface area contributed by atoms with E-state index < -0.39 is 0 Å². The molecule has 1 aromatic heterocycles. The van der Waals surface area contributed by atoms with E-state index in [1.165, 1.54) is 0 Å². The number of nitrogens with zero attached hydrogens (tertiary/aromatic N) is 3. The van der Waals surface area contributed by atoms with Crippen molar-refractivity contribution in [2.75, 3.05) is 13.1 Å². The Hall–Kier alpha value is -2.95. The van der Waals surface area contributed by atoms with Crippen molar-refractivity contribution in [1.29, 1.82) is 0 Å². The molecule has 1 fully saturated rings. The summed E-state index contributed by atoms with van der Waals surface area (Å²) in [5.41, 5.74) is 1.07. The van der Waals surface area contributed by atoms with Gasteiger partial charge in [0.15, 0.2) is 0 Å². The first-order chi connectivity index (χ1) is 12.3. The zero-order valence-corrected chi connectivity index (χ0v) is 13.8. The summed E-state index contributed by atoms with van der Waals surface area (Å²) < 4.78 is 5.81. The predicted octanol–water partition coefficient (Wildman–Crippen LogP) is 2.85. The van der Waals surface area contributed by atoms with Gasteiger partial charge in [0.2, 0.25) is 11.8 Å². The highest BCUT2D eigenvalue weighted by atomic mass is 16.5. The summed E-state index contributed by atoms with van der Waals surface area (Å²) in [4.78, 5) is 14.6. The van der Waals surface area contributed by atoms with Gasteiger partial charge in [0.25, 0.3) is 0 Å².